The molecule has 0 amide bonds. The Hall–Kier alpha value is -9.96. The van der Waals surface area contributed by atoms with Crippen molar-refractivity contribution in [2.24, 2.45) is 0 Å². The summed E-state index contributed by atoms with van der Waals surface area (Å²) in [5.41, 5.74) is 8.97. The van der Waals surface area contributed by atoms with Gasteiger partial charge in [0.1, 0.15) is 0 Å². The fraction of sp³-hybridized carbons (Fsp3) is 0. The van der Waals surface area contributed by atoms with Gasteiger partial charge in [-0.2, -0.15) is 0 Å². The number of thiophene rings is 1. The second-order valence-electron chi connectivity index (χ2n) is 18.3. The van der Waals surface area contributed by atoms with E-state index in [0.717, 1.165) is 80.6 Å². The second-order valence-corrected chi connectivity index (χ2v) is 19.4. The van der Waals surface area contributed by atoms with Crippen LogP contribution in [0.4, 0.5) is 0 Å². The average Bonchev–Trinajstić information content (AvgIpc) is 4.03. The predicted octanol–water partition coefficient (Wildman–Crippen LogP) is 16.6. The van der Waals surface area contributed by atoms with Gasteiger partial charge in [0, 0.05) is 80.8 Å². The minimum absolute atomic E-state index is 0.0814. The van der Waals surface area contributed by atoms with Crippen LogP contribution in [0.25, 0.3) is 143 Å². The van der Waals surface area contributed by atoms with Gasteiger partial charge < -0.3 is 9.13 Å². The zero-order valence-electron chi connectivity index (χ0n) is 44.7. The van der Waals surface area contributed by atoms with E-state index in [4.69, 9.17) is 34.0 Å². The van der Waals surface area contributed by atoms with Crippen molar-refractivity contribution in [3.63, 3.8) is 0 Å². The molecule has 0 atom stereocenters. The maximum absolute atomic E-state index is 9.27. The molecular formula is C66H40N8S. The van der Waals surface area contributed by atoms with Gasteiger partial charge in [0.2, 0.25) is 0 Å². The van der Waals surface area contributed by atoms with Crippen molar-refractivity contribution in [1.29, 1.82) is 0 Å². The summed E-state index contributed by atoms with van der Waals surface area (Å²) in [6.45, 7) is 0. The first-order valence-corrected chi connectivity index (χ1v) is 25.4. The number of hydrogen-bond donors (Lipinski definition) is 0. The molecular weight excluding hydrogens is 937 g/mol. The van der Waals surface area contributed by atoms with Crippen LogP contribution in [0.3, 0.4) is 0 Å². The first-order chi connectivity index (χ1) is 39.3. The third-order valence-electron chi connectivity index (χ3n) is 13.9. The molecule has 0 aliphatic heterocycles. The maximum Gasteiger partial charge on any atom is 0.166 e. The fourth-order valence-corrected chi connectivity index (χ4v) is 11.7. The number of hydrogen-bond acceptors (Lipinski definition) is 7. The third-order valence-corrected chi connectivity index (χ3v) is 15.1. The number of nitrogens with zero attached hydrogens (tertiary/aromatic N) is 8. The molecule has 5 aromatic heterocycles. The molecule has 5 heterocycles. The molecule has 0 saturated carbocycles. The normalized spacial score (nSPS) is 12.7. The molecule has 0 bridgehead atoms. The zero-order chi connectivity index (χ0) is 53.8. The summed E-state index contributed by atoms with van der Waals surface area (Å²) < 4.78 is 51.5. The van der Waals surface area contributed by atoms with Crippen LogP contribution in [0.15, 0.2) is 243 Å². The minimum atomic E-state index is -0.517. The molecule has 0 saturated heterocycles. The standard InChI is InChI=1S/C66H40N8S/c1-5-19-41(20-6-1)61-67-62(42-21-7-2-8-22-42)69-64(68-61)44-33-36-55(74-53-30-16-13-27-47(53)49-35-37-56-59(60(49)74)50-29-14-17-31-54(50)73(56)46-25-11-4-12-26-46)52(40-44)66-71-63(43-23-9-3-10-24-43)70-65(72-66)45-34-38-58-51(39-45)48-28-15-18-32-57(48)75-58/h1-40H/i3D,9D,10D,23D,24D. The van der Waals surface area contributed by atoms with E-state index in [1.54, 1.807) is 11.3 Å². The van der Waals surface area contributed by atoms with E-state index in [9.17, 15) is 2.74 Å². The molecule has 0 aliphatic rings. The molecule has 0 aliphatic carbocycles. The summed E-state index contributed by atoms with van der Waals surface area (Å²) in [5, 5.41) is 6.26. The van der Waals surface area contributed by atoms with Crippen LogP contribution in [0.2, 0.25) is 0 Å². The molecule has 9 heteroatoms. The highest BCUT2D eigenvalue weighted by Crippen LogP contribution is 2.45. The molecule has 15 rings (SSSR count). The maximum atomic E-state index is 9.27. The Balaban J connectivity index is 1.08. The van der Waals surface area contributed by atoms with Crippen LogP contribution < -0.4 is 0 Å². The van der Waals surface area contributed by atoms with Gasteiger partial charge in [-0.1, -0.05) is 170 Å². The van der Waals surface area contributed by atoms with Crippen molar-refractivity contribution >= 4 is 75.1 Å². The molecule has 75 heavy (non-hydrogen) atoms. The van der Waals surface area contributed by atoms with Crippen molar-refractivity contribution < 1.29 is 6.85 Å². The quantitative estimate of drug-likeness (QED) is 0.151. The molecule has 15 aromatic rings. The highest BCUT2D eigenvalue weighted by Gasteiger charge is 2.25. The van der Waals surface area contributed by atoms with E-state index in [1.807, 2.05) is 103 Å². The molecule has 0 spiro atoms. The van der Waals surface area contributed by atoms with Crippen LogP contribution in [-0.4, -0.2) is 39.0 Å². The van der Waals surface area contributed by atoms with E-state index in [2.05, 4.69) is 118 Å². The van der Waals surface area contributed by atoms with Gasteiger partial charge in [-0.25, -0.2) is 29.9 Å². The molecule has 10 aromatic carbocycles. The van der Waals surface area contributed by atoms with Gasteiger partial charge in [0.25, 0.3) is 0 Å². The highest BCUT2D eigenvalue weighted by atomic mass is 32.1. The van der Waals surface area contributed by atoms with E-state index >= 15 is 0 Å². The van der Waals surface area contributed by atoms with Gasteiger partial charge >= 0.3 is 0 Å². The van der Waals surface area contributed by atoms with Crippen LogP contribution >= 0.6 is 11.3 Å². The smallest absolute Gasteiger partial charge is 0.166 e. The summed E-state index contributed by atoms with van der Waals surface area (Å²) in [5.74, 6) is 1.73. The summed E-state index contributed by atoms with van der Waals surface area (Å²) >= 11 is 1.69. The molecule has 350 valence electrons. The zero-order valence-corrected chi connectivity index (χ0v) is 40.5. The monoisotopic (exact) mass is 981 g/mol. The lowest BCUT2D eigenvalue weighted by Crippen LogP contribution is -2.05. The van der Waals surface area contributed by atoms with Crippen LogP contribution in [0.5, 0.6) is 0 Å². The Morgan fingerprint density at radius 1 is 0.333 bits per heavy atom. The third kappa shape index (κ3) is 7.12. The lowest BCUT2D eigenvalue weighted by Gasteiger charge is -2.17. The van der Waals surface area contributed by atoms with E-state index in [0.29, 0.717) is 39.9 Å². The van der Waals surface area contributed by atoms with Crippen LogP contribution in [0, 0.1) is 0 Å². The van der Waals surface area contributed by atoms with Gasteiger partial charge in [0.05, 0.1) is 34.6 Å². The molecule has 8 nitrogen and oxygen atoms in total. The summed E-state index contributed by atoms with van der Waals surface area (Å²) in [6, 6.07) is 69.3. The van der Waals surface area contributed by atoms with E-state index in [1.165, 1.54) is 0 Å². The SMILES string of the molecule is [2H]c1c([2H])c([2H])c(-c2nc(-c3ccc4sc5ccccc5c4c3)nc(-c3cc(-c4nc(-c5ccccc5)nc(-c5ccccc5)n4)ccc3-n3c4ccccc4c4ccc5c(c6ccccc6n5-c5ccccc5)c43)n2)c([2H])c1[2H]. The van der Waals surface area contributed by atoms with Crippen molar-refractivity contribution in [3.8, 4) is 79.7 Å². The summed E-state index contributed by atoms with van der Waals surface area (Å²) in [7, 11) is 0. The average molecular weight is 982 g/mol. The molecule has 0 radical (unpaired) electrons. The Morgan fingerprint density at radius 3 is 1.55 bits per heavy atom. The van der Waals surface area contributed by atoms with Crippen molar-refractivity contribution in [3.05, 3.63) is 243 Å². The lowest BCUT2D eigenvalue weighted by atomic mass is 10.0. The Labute approximate surface area is 441 Å². The number of benzene rings is 10. The lowest BCUT2D eigenvalue weighted by molar-refractivity contribution is 1.06. The largest absolute Gasteiger partial charge is 0.309 e. The Morgan fingerprint density at radius 2 is 0.853 bits per heavy atom. The number of para-hydroxylation sites is 3. The summed E-state index contributed by atoms with van der Waals surface area (Å²) in [6.07, 6.45) is 0. The van der Waals surface area contributed by atoms with Crippen molar-refractivity contribution in [1.82, 2.24) is 39.0 Å². The van der Waals surface area contributed by atoms with Crippen LogP contribution in [0.1, 0.15) is 6.85 Å². The fourth-order valence-electron chi connectivity index (χ4n) is 10.6. The Bertz CT molecular complexity index is 4940. The van der Waals surface area contributed by atoms with Gasteiger partial charge in [-0.15, -0.1) is 11.3 Å². The summed E-state index contributed by atoms with van der Waals surface area (Å²) in [4.78, 5) is 31.0. The van der Waals surface area contributed by atoms with Gasteiger partial charge in [-0.3, -0.25) is 0 Å². The van der Waals surface area contributed by atoms with Crippen molar-refractivity contribution in [2.75, 3.05) is 0 Å². The van der Waals surface area contributed by atoms with E-state index in [-0.39, 0.29) is 23.0 Å². The molecule has 0 unspecified atom stereocenters. The molecule has 0 fully saturated rings. The minimum Gasteiger partial charge on any atom is -0.309 e. The topological polar surface area (TPSA) is 87.2 Å². The van der Waals surface area contributed by atoms with E-state index < -0.39 is 30.2 Å². The second kappa shape index (κ2) is 17.4. The predicted molar refractivity (Wildman–Crippen MR) is 307 cm³/mol. The number of fused-ring (bicyclic) bond motifs is 10. The number of rotatable bonds is 8. The highest BCUT2D eigenvalue weighted by molar-refractivity contribution is 7.25. The van der Waals surface area contributed by atoms with Crippen molar-refractivity contribution in [2.45, 2.75) is 0 Å². The Kier molecular flexibility index (Phi) is 8.75. The molecule has 0 N–H and O–H groups in total. The first kappa shape index (κ1) is 37.8. The number of aromatic nitrogens is 8. The van der Waals surface area contributed by atoms with Crippen LogP contribution in [-0.2, 0) is 0 Å². The van der Waals surface area contributed by atoms with Gasteiger partial charge in [-0.05, 0) is 72.8 Å². The van der Waals surface area contributed by atoms with Gasteiger partial charge in [0.15, 0.2) is 34.9 Å². The first-order valence-electron chi connectivity index (χ1n) is 27.0.